The monoisotopic (exact) mass is 180 g/mol. The van der Waals surface area contributed by atoms with Gasteiger partial charge in [-0.3, -0.25) is 0 Å². The molecule has 68 valence electrons. The van der Waals surface area contributed by atoms with E-state index in [0.717, 1.165) is 0 Å². The zero-order chi connectivity index (χ0) is 9.42. The van der Waals surface area contributed by atoms with Gasteiger partial charge in [-0.2, -0.15) is 0 Å². The van der Waals surface area contributed by atoms with Crippen molar-refractivity contribution in [2.45, 2.75) is 13.2 Å². The average molecular weight is 180 g/mol. The topological polar surface area (TPSA) is 44.6 Å². The van der Waals surface area contributed by atoms with Gasteiger partial charge in [0.1, 0.15) is 11.7 Å². The number of aliphatic hydroxyl groups excluding tert-OH is 1. The number of fused-ring (bicyclic) bond motifs is 1. The average Bonchev–Trinajstić information content (AvgIpc) is 2.06. The third-order valence-corrected chi connectivity index (χ3v) is 1.92. The second-order valence-electron chi connectivity index (χ2n) is 2.94. The molecule has 1 unspecified atom stereocenters. The highest BCUT2D eigenvalue weighted by atomic mass is 19.1. The van der Waals surface area contributed by atoms with Crippen LogP contribution in [-0.2, 0) is 0 Å². The van der Waals surface area contributed by atoms with E-state index in [-0.39, 0.29) is 5.82 Å². The molecule has 0 fully saturated rings. The zero-order valence-electron chi connectivity index (χ0n) is 7.08. The minimum atomic E-state index is -0.952. The molecule has 1 aromatic carbocycles. The van der Waals surface area contributed by atoms with Gasteiger partial charge >= 0.3 is 0 Å². The Morgan fingerprint density at radius 2 is 2.31 bits per heavy atom. The van der Waals surface area contributed by atoms with Crippen LogP contribution in [0.3, 0.4) is 0 Å². The van der Waals surface area contributed by atoms with Crippen LogP contribution < -0.4 is 5.32 Å². The molecule has 0 aromatic heterocycles. The molecule has 0 amide bonds. The Bertz CT molecular complexity index is 376. The lowest BCUT2D eigenvalue weighted by molar-refractivity contribution is 0.187. The predicted octanol–water partition coefficient (Wildman–Crippen LogP) is 1.66. The minimum Gasteiger partial charge on any atom is -0.368 e. The fraction of sp³-hybridized carbons (Fsp3) is 0.222. The number of aliphatic imine (C=N–C) groups is 1. The number of nitrogens with zero attached hydrogens (tertiary/aromatic N) is 1. The Labute approximate surface area is 74.9 Å². The second kappa shape index (κ2) is 2.81. The third-order valence-electron chi connectivity index (χ3n) is 1.92. The molecule has 1 aliphatic rings. The van der Waals surface area contributed by atoms with E-state index in [1.165, 1.54) is 12.1 Å². The van der Waals surface area contributed by atoms with E-state index in [0.29, 0.717) is 17.1 Å². The number of anilines is 1. The van der Waals surface area contributed by atoms with Gasteiger partial charge in [-0.15, -0.1) is 0 Å². The van der Waals surface area contributed by atoms with Crippen LogP contribution in [0.2, 0.25) is 0 Å². The Balaban J connectivity index is 2.50. The number of rotatable bonds is 0. The Morgan fingerprint density at radius 1 is 1.54 bits per heavy atom. The summed E-state index contributed by atoms with van der Waals surface area (Å²) in [6.45, 7) is 1.75. The molecule has 0 aliphatic carbocycles. The van der Waals surface area contributed by atoms with Crippen molar-refractivity contribution in [3.63, 3.8) is 0 Å². The first-order valence-electron chi connectivity index (χ1n) is 3.96. The molecule has 3 nitrogen and oxygen atoms in total. The maximum atomic E-state index is 12.8. The fourth-order valence-corrected chi connectivity index (χ4v) is 1.34. The van der Waals surface area contributed by atoms with Crippen LogP contribution in [0.25, 0.3) is 0 Å². The van der Waals surface area contributed by atoms with Crippen molar-refractivity contribution in [3.8, 4) is 0 Å². The smallest absolute Gasteiger partial charge is 0.175 e. The van der Waals surface area contributed by atoms with Crippen LogP contribution in [-0.4, -0.2) is 10.9 Å². The van der Waals surface area contributed by atoms with Gasteiger partial charge < -0.3 is 10.4 Å². The van der Waals surface area contributed by atoms with Crippen LogP contribution in [0, 0.1) is 5.82 Å². The summed E-state index contributed by atoms with van der Waals surface area (Å²) in [6.07, 6.45) is -0.952. The molecular weight excluding hydrogens is 171 g/mol. The molecular formula is C9H9FN2O. The van der Waals surface area contributed by atoms with Crippen molar-refractivity contribution < 1.29 is 9.50 Å². The first-order valence-corrected chi connectivity index (χ1v) is 3.96. The molecule has 2 N–H and O–H groups in total. The molecule has 1 atom stereocenters. The van der Waals surface area contributed by atoms with E-state index in [1.54, 1.807) is 13.0 Å². The standard InChI is InChI=1S/C9H9FN2O/c1-5-11-8-3-2-6(10)4-7(8)9(13)12-5/h2-4,9,13H,1H3,(H,11,12). The molecule has 1 aliphatic heterocycles. The lowest BCUT2D eigenvalue weighted by atomic mass is 10.1. The number of nitrogens with one attached hydrogen (secondary N) is 1. The molecule has 13 heavy (non-hydrogen) atoms. The van der Waals surface area contributed by atoms with Gasteiger partial charge in [0.15, 0.2) is 6.23 Å². The molecule has 0 saturated heterocycles. The summed E-state index contributed by atoms with van der Waals surface area (Å²) in [4.78, 5) is 3.86. The SMILES string of the molecule is CC1=NC(O)c2cc(F)ccc2N1. The van der Waals surface area contributed by atoms with E-state index in [9.17, 15) is 9.50 Å². The number of halogens is 1. The van der Waals surface area contributed by atoms with Crippen LogP contribution >= 0.6 is 0 Å². The number of amidine groups is 1. The van der Waals surface area contributed by atoms with Crippen molar-refractivity contribution >= 4 is 11.5 Å². The van der Waals surface area contributed by atoms with Gasteiger partial charge in [-0.05, 0) is 25.1 Å². The quantitative estimate of drug-likeness (QED) is 0.637. The highest BCUT2D eigenvalue weighted by Crippen LogP contribution is 2.28. The first-order chi connectivity index (χ1) is 6.16. The molecule has 1 heterocycles. The lowest BCUT2D eigenvalue weighted by Crippen LogP contribution is -2.17. The molecule has 0 radical (unpaired) electrons. The largest absolute Gasteiger partial charge is 0.368 e. The fourth-order valence-electron chi connectivity index (χ4n) is 1.34. The number of hydrogen-bond donors (Lipinski definition) is 2. The summed E-state index contributed by atoms with van der Waals surface area (Å²) in [7, 11) is 0. The van der Waals surface area contributed by atoms with Gasteiger partial charge in [-0.1, -0.05) is 0 Å². The lowest BCUT2D eigenvalue weighted by Gasteiger charge is -2.19. The van der Waals surface area contributed by atoms with Gasteiger partial charge in [0.2, 0.25) is 0 Å². The van der Waals surface area contributed by atoms with Crippen LogP contribution in [0.4, 0.5) is 10.1 Å². The first kappa shape index (κ1) is 8.19. The highest BCUT2D eigenvalue weighted by molar-refractivity contribution is 5.95. The molecule has 0 bridgehead atoms. The third kappa shape index (κ3) is 1.40. The zero-order valence-corrected chi connectivity index (χ0v) is 7.08. The number of benzene rings is 1. The van der Waals surface area contributed by atoms with Crippen molar-refractivity contribution in [3.05, 3.63) is 29.6 Å². The van der Waals surface area contributed by atoms with Gasteiger partial charge in [0.05, 0.1) is 0 Å². The van der Waals surface area contributed by atoms with E-state index in [1.807, 2.05) is 0 Å². The van der Waals surface area contributed by atoms with E-state index in [2.05, 4.69) is 10.3 Å². The second-order valence-corrected chi connectivity index (χ2v) is 2.94. The molecule has 0 saturated carbocycles. The normalized spacial score (nSPS) is 20.2. The summed E-state index contributed by atoms with van der Waals surface area (Å²) < 4.78 is 12.8. The maximum absolute atomic E-state index is 12.8. The van der Waals surface area contributed by atoms with Crippen molar-refractivity contribution in [2.75, 3.05) is 5.32 Å². The molecule has 2 rings (SSSR count). The van der Waals surface area contributed by atoms with Gasteiger partial charge in [-0.25, -0.2) is 9.38 Å². The summed E-state index contributed by atoms with van der Waals surface area (Å²) >= 11 is 0. The van der Waals surface area contributed by atoms with Crippen molar-refractivity contribution in [1.82, 2.24) is 0 Å². The predicted molar refractivity (Wildman–Crippen MR) is 48.1 cm³/mol. The minimum absolute atomic E-state index is 0.366. The Hall–Kier alpha value is -1.42. The maximum Gasteiger partial charge on any atom is 0.175 e. The number of hydrogen-bond acceptors (Lipinski definition) is 3. The van der Waals surface area contributed by atoms with Crippen molar-refractivity contribution in [1.29, 1.82) is 0 Å². The van der Waals surface area contributed by atoms with E-state index < -0.39 is 6.23 Å². The van der Waals surface area contributed by atoms with Crippen LogP contribution in [0.15, 0.2) is 23.2 Å². The van der Waals surface area contributed by atoms with Gasteiger partial charge in [0, 0.05) is 11.3 Å². The molecule has 1 aromatic rings. The molecule has 0 spiro atoms. The van der Waals surface area contributed by atoms with Crippen LogP contribution in [0.1, 0.15) is 18.7 Å². The summed E-state index contributed by atoms with van der Waals surface area (Å²) in [6, 6.07) is 4.21. The van der Waals surface area contributed by atoms with E-state index in [4.69, 9.17) is 0 Å². The van der Waals surface area contributed by atoms with E-state index >= 15 is 0 Å². The summed E-state index contributed by atoms with van der Waals surface area (Å²) in [5.41, 5.74) is 1.19. The number of aliphatic hydroxyl groups is 1. The van der Waals surface area contributed by atoms with Crippen molar-refractivity contribution in [2.24, 2.45) is 4.99 Å². The summed E-state index contributed by atoms with van der Waals surface area (Å²) in [5, 5.41) is 12.4. The summed E-state index contributed by atoms with van der Waals surface area (Å²) in [5.74, 6) is 0.265. The Morgan fingerprint density at radius 3 is 3.08 bits per heavy atom. The van der Waals surface area contributed by atoms with Gasteiger partial charge in [0.25, 0.3) is 0 Å². The highest BCUT2D eigenvalue weighted by Gasteiger charge is 2.17. The van der Waals surface area contributed by atoms with Crippen LogP contribution in [0.5, 0.6) is 0 Å². The Kier molecular flexibility index (Phi) is 1.77. The molecule has 4 heteroatoms.